The summed E-state index contributed by atoms with van der Waals surface area (Å²) in [5.41, 5.74) is 6.03. The van der Waals surface area contributed by atoms with Crippen molar-refractivity contribution >= 4 is 0 Å². The zero-order valence-electron chi connectivity index (χ0n) is 7.54. The third-order valence-corrected chi connectivity index (χ3v) is 3.05. The maximum atomic E-state index is 6.03. The van der Waals surface area contributed by atoms with Crippen molar-refractivity contribution in [2.24, 2.45) is 5.73 Å². The molecule has 1 saturated heterocycles. The molecule has 2 N–H and O–H groups in total. The molecule has 0 amide bonds. The number of nitrogens with two attached hydrogens (primary N) is 1. The van der Waals surface area contributed by atoms with E-state index in [1.807, 2.05) is 0 Å². The molecule has 3 heteroatoms. The Morgan fingerprint density at radius 1 is 1.17 bits per heavy atom. The lowest BCUT2D eigenvalue weighted by Crippen LogP contribution is -2.49. The van der Waals surface area contributed by atoms with Gasteiger partial charge in [0.1, 0.15) is 0 Å². The van der Waals surface area contributed by atoms with E-state index in [2.05, 4.69) is 4.90 Å². The van der Waals surface area contributed by atoms with Gasteiger partial charge in [0, 0.05) is 25.2 Å². The minimum atomic E-state index is 0.420. The van der Waals surface area contributed by atoms with Crippen LogP contribution in [0, 0.1) is 0 Å². The van der Waals surface area contributed by atoms with E-state index >= 15 is 0 Å². The lowest BCUT2D eigenvalue weighted by molar-refractivity contribution is 0.0150. The SMILES string of the molecule is N[C@H]1CCC[C@H]1N1CCOCC1. The Morgan fingerprint density at radius 2 is 1.92 bits per heavy atom. The fourth-order valence-electron chi connectivity index (χ4n) is 2.33. The normalized spacial score (nSPS) is 38.8. The molecule has 2 aliphatic rings. The van der Waals surface area contributed by atoms with Crippen LogP contribution in [0.5, 0.6) is 0 Å². The molecule has 1 heterocycles. The highest BCUT2D eigenvalue weighted by Gasteiger charge is 2.29. The summed E-state index contributed by atoms with van der Waals surface area (Å²) in [5.74, 6) is 0. The summed E-state index contributed by atoms with van der Waals surface area (Å²) in [4.78, 5) is 2.50. The molecule has 0 bridgehead atoms. The Morgan fingerprint density at radius 3 is 2.50 bits per heavy atom. The van der Waals surface area contributed by atoms with Gasteiger partial charge in [-0.15, -0.1) is 0 Å². The molecule has 0 aromatic carbocycles. The van der Waals surface area contributed by atoms with Crippen LogP contribution in [-0.2, 0) is 4.74 Å². The molecule has 0 spiro atoms. The first-order valence-electron chi connectivity index (χ1n) is 4.95. The monoisotopic (exact) mass is 170 g/mol. The topological polar surface area (TPSA) is 38.5 Å². The molecule has 3 nitrogen and oxygen atoms in total. The fraction of sp³-hybridized carbons (Fsp3) is 1.00. The molecule has 12 heavy (non-hydrogen) atoms. The van der Waals surface area contributed by atoms with Crippen LogP contribution in [0.2, 0.25) is 0 Å². The minimum absolute atomic E-state index is 0.420. The Kier molecular flexibility index (Phi) is 2.63. The van der Waals surface area contributed by atoms with Gasteiger partial charge in [-0.25, -0.2) is 0 Å². The van der Waals surface area contributed by atoms with Crippen molar-refractivity contribution in [2.45, 2.75) is 31.3 Å². The minimum Gasteiger partial charge on any atom is -0.379 e. The Balaban J connectivity index is 1.89. The summed E-state index contributed by atoms with van der Waals surface area (Å²) in [7, 11) is 0. The number of morpholine rings is 1. The van der Waals surface area contributed by atoms with Crippen molar-refractivity contribution in [3.63, 3.8) is 0 Å². The number of hydrogen-bond donors (Lipinski definition) is 1. The summed E-state index contributed by atoms with van der Waals surface area (Å²) in [6.07, 6.45) is 3.81. The van der Waals surface area contributed by atoms with Gasteiger partial charge in [0.15, 0.2) is 0 Å². The predicted octanol–water partition coefficient (Wildman–Crippen LogP) is 0.198. The van der Waals surface area contributed by atoms with Gasteiger partial charge in [-0.1, -0.05) is 6.42 Å². The van der Waals surface area contributed by atoms with E-state index in [4.69, 9.17) is 10.5 Å². The molecule has 2 rings (SSSR count). The molecule has 1 aliphatic heterocycles. The van der Waals surface area contributed by atoms with E-state index in [0.717, 1.165) is 26.3 Å². The first-order chi connectivity index (χ1) is 5.88. The summed E-state index contributed by atoms with van der Waals surface area (Å²) in [5, 5.41) is 0. The number of hydrogen-bond acceptors (Lipinski definition) is 3. The molecule has 2 fully saturated rings. The van der Waals surface area contributed by atoms with Gasteiger partial charge >= 0.3 is 0 Å². The fourth-order valence-corrected chi connectivity index (χ4v) is 2.33. The van der Waals surface area contributed by atoms with Crippen LogP contribution in [0.25, 0.3) is 0 Å². The van der Waals surface area contributed by atoms with Gasteiger partial charge in [0.05, 0.1) is 13.2 Å². The van der Waals surface area contributed by atoms with Gasteiger partial charge in [0.2, 0.25) is 0 Å². The van der Waals surface area contributed by atoms with Gasteiger partial charge in [-0.2, -0.15) is 0 Å². The number of ether oxygens (including phenoxy) is 1. The van der Waals surface area contributed by atoms with E-state index < -0.39 is 0 Å². The predicted molar refractivity (Wildman–Crippen MR) is 48.0 cm³/mol. The van der Waals surface area contributed by atoms with E-state index in [-0.39, 0.29) is 0 Å². The van der Waals surface area contributed by atoms with Crippen molar-refractivity contribution in [2.75, 3.05) is 26.3 Å². The van der Waals surface area contributed by atoms with Crippen LogP contribution in [0.1, 0.15) is 19.3 Å². The standard InChI is InChI=1S/C9H18N2O/c10-8-2-1-3-9(8)11-4-6-12-7-5-11/h8-9H,1-7,10H2/t8-,9+/m0/s1. The van der Waals surface area contributed by atoms with E-state index in [0.29, 0.717) is 12.1 Å². The van der Waals surface area contributed by atoms with Gasteiger partial charge in [0.25, 0.3) is 0 Å². The average molecular weight is 170 g/mol. The highest BCUT2D eigenvalue weighted by molar-refractivity contribution is 4.88. The molecule has 70 valence electrons. The number of rotatable bonds is 1. The number of nitrogens with zero attached hydrogens (tertiary/aromatic N) is 1. The Labute approximate surface area is 73.9 Å². The first-order valence-corrected chi connectivity index (χ1v) is 4.95. The molecule has 1 saturated carbocycles. The molecular weight excluding hydrogens is 152 g/mol. The van der Waals surface area contributed by atoms with E-state index in [1.54, 1.807) is 0 Å². The van der Waals surface area contributed by atoms with E-state index in [9.17, 15) is 0 Å². The lowest BCUT2D eigenvalue weighted by atomic mass is 10.1. The average Bonchev–Trinajstić information content (AvgIpc) is 2.53. The quantitative estimate of drug-likeness (QED) is 0.611. The zero-order chi connectivity index (χ0) is 8.39. The highest BCUT2D eigenvalue weighted by Crippen LogP contribution is 2.23. The van der Waals surface area contributed by atoms with Gasteiger partial charge in [-0.3, -0.25) is 4.90 Å². The molecule has 2 atom stereocenters. The Bertz CT molecular complexity index is 145. The summed E-state index contributed by atoms with van der Waals surface area (Å²) >= 11 is 0. The van der Waals surface area contributed by atoms with Crippen LogP contribution >= 0.6 is 0 Å². The first kappa shape index (κ1) is 8.48. The van der Waals surface area contributed by atoms with Crippen molar-refractivity contribution in [3.8, 4) is 0 Å². The maximum absolute atomic E-state index is 6.03. The van der Waals surface area contributed by atoms with Gasteiger partial charge < -0.3 is 10.5 Å². The molecular formula is C9H18N2O. The largest absolute Gasteiger partial charge is 0.379 e. The molecule has 0 aromatic rings. The van der Waals surface area contributed by atoms with Crippen molar-refractivity contribution < 1.29 is 4.74 Å². The van der Waals surface area contributed by atoms with Crippen LogP contribution in [-0.4, -0.2) is 43.3 Å². The highest BCUT2D eigenvalue weighted by atomic mass is 16.5. The summed E-state index contributed by atoms with van der Waals surface area (Å²) < 4.78 is 5.31. The lowest BCUT2D eigenvalue weighted by Gasteiger charge is -2.34. The second-order valence-electron chi connectivity index (χ2n) is 3.81. The molecule has 0 unspecified atom stereocenters. The van der Waals surface area contributed by atoms with Crippen LogP contribution in [0.3, 0.4) is 0 Å². The second kappa shape index (κ2) is 3.73. The molecule has 1 aliphatic carbocycles. The second-order valence-corrected chi connectivity index (χ2v) is 3.81. The Hall–Kier alpha value is -0.120. The van der Waals surface area contributed by atoms with E-state index in [1.165, 1.54) is 19.3 Å². The van der Waals surface area contributed by atoms with Gasteiger partial charge in [-0.05, 0) is 12.8 Å². The third-order valence-electron chi connectivity index (χ3n) is 3.05. The zero-order valence-corrected chi connectivity index (χ0v) is 7.54. The van der Waals surface area contributed by atoms with Crippen LogP contribution in [0.15, 0.2) is 0 Å². The summed E-state index contributed by atoms with van der Waals surface area (Å²) in [6, 6.07) is 1.07. The molecule has 0 radical (unpaired) electrons. The molecule has 0 aromatic heterocycles. The third kappa shape index (κ3) is 1.63. The van der Waals surface area contributed by atoms with Crippen LogP contribution < -0.4 is 5.73 Å². The van der Waals surface area contributed by atoms with Crippen molar-refractivity contribution in [1.82, 2.24) is 4.90 Å². The maximum Gasteiger partial charge on any atom is 0.0594 e. The van der Waals surface area contributed by atoms with Crippen molar-refractivity contribution in [3.05, 3.63) is 0 Å². The smallest absolute Gasteiger partial charge is 0.0594 e. The summed E-state index contributed by atoms with van der Waals surface area (Å²) in [6.45, 7) is 3.95. The van der Waals surface area contributed by atoms with Crippen LogP contribution in [0.4, 0.5) is 0 Å². The van der Waals surface area contributed by atoms with Crippen molar-refractivity contribution in [1.29, 1.82) is 0 Å².